The second kappa shape index (κ2) is 11.6. The van der Waals surface area contributed by atoms with Gasteiger partial charge >= 0.3 is 0 Å². The molecule has 0 aromatic heterocycles. The highest BCUT2D eigenvalue weighted by atomic mass is 127. The Labute approximate surface area is 179 Å². The van der Waals surface area contributed by atoms with Crippen molar-refractivity contribution in [2.45, 2.75) is 32.7 Å². The van der Waals surface area contributed by atoms with Crippen LogP contribution in [0.25, 0.3) is 0 Å². The van der Waals surface area contributed by atoms with Crippen LogP contribution in [0.4, 0.5) is 0 Å². The van der Waals surface area contributed by atoms with E-state index in [4.69, 9.17) is 19.2 Å². The highest BCUT2D eigenvalue weighted by Gasteiger charge is 2.21. The molecule has 6 nitrogen and oxygen atoms in total. The number of aliphatic imine (C=N–C) groups is 1. The van der Waals surface area contributed by atoms with Crippen LogP contribution in [0.1, 0.15) is 31.7 Å². The summed E-state index contributed by atoms with van der Waals surface area (Å²) in [6.07, 6.45) is 3.57. The number of likely N-dealkylation sites (N-methyl/N-ethyl adjacent to an activating group) is 1. The molecule has 0 atom stereocenters. The molecule has 0 amide bonds. The molecule has 1 aliphatic carbocycles. The van der Waals surface area contributed by atoms with Crippen LogP contribution in [0.15, 0.2) is 23.2 Å². The van der Waals surface area contributed by atoms with Crippen LogP contribution in [0.3, 0.4) is 0 Å². The first-order chi connectivity index (χ1) is 12.8. The van der Waals surface area contributed by atoms with Gasteiger partial charge in [0, 0.05) is 33.2 Å². The molecule has 27 heavy (non-hydrogen) atoms. The van der Waals surface area contributed by atoms with Gasteiger partial charge in [0.2, 0.25) is 0 Å². The summed E-state index contributed by atoms with van der Waals surface area (Å²) in [6.45, 7) is 7.41. The van der Waals surface area contributed by atoms with Crippen molar-refractivity contribution in [3.63, 3.8) is 0 Å². The van der Waals surface area contributed by atoms with Gasteiger partial charge in [0.15, 0.2) is 17.5 Å². The molecule has 1 saturated carbocycles. The first-order valence-corrected chi connectivity index (χ1v) is 9.72. The molecular weight excluding hydrogens is 457 g/mol. The zero-order valence-electron chi connectivity index (χ0n) is 16.4. The molecule has 0 spiro atoms. The Kier molecular flexibility index (Phi) is 9.47. The molecule has 0 bridgehead atoms. The molecule has 7 heteroatoms. The van der Waals surface area contributed by atoms with Crippen molar-refractivity contribution in [1.29, 1.82) is 0 Å². The average molecular weight is 489 g/mol. The topological polar surface area (TPSA) is 55.3 Å². The second-order valence-corrected chi connectivity index (χ2v) is 6.94. The van der Waals surface area contributed by atoms with Gasteiger partial charge < -0.3 is 24.4 Å². The van der Waals surface area contributed by atoms with E-state index in [9.17, 15) is 0 Å². The van der Waals surface area contributed by atoms with Crippen LogP contribution in [-0.2, 0) is 11.3 Å². The van der Waals surface area contributed by atoms with Crippen LogP contribution < -0.4 is 14.8 Å². The van der Waals surface area contributed by atoms with E-state index in [-0.39, 0.29) is 24.0 Å². The number of hydrogen-bond donors (Lipinski definition) is 1. The first kappa shape index (κ1) is 22.1. The third-order valence-corrected chi connectivity index (χ3v) is 4.54. The lowest BCUT2D eigenvalue weighted by Crippen LogP contribution is -2.40. The number of rotatable bonds is 8. The Morgan fingerprint density at radius 3 is 2.78 bits per heavy atom. The van der Waals surface area contributed by atoms with E-state index in [0.29, 0.717) is 19.8 Å². The summed E-state index contributed by atoms with van der Waals surface area (Å²) in [4.78, 5) is 6.89. The average Bonchev–Trinajstić information content (AvgIpc) is 3.48. The van der Waals surface area contributed by atoms with E-state index in [2.05, 4.69) is 30.3 Å². The molecule has 1 fully saturated rings. The molecule has 152 valence electrons. The molecule has 0 saturated heterocycles. The Morgan fingerprint density at radius 1 is 1.26 bits per heavy atom. The van der Waals surface area contributed by atoms with Gasteiger partial charge in [-0.15, -0.1) is 24.0 Å². The van der Waals surface area contributed by atoms with Gasteiger partial charge in [0.05, 0.1) is 26.4 Å². The van der Waals surface area contributed by atoms with Crippen LogP contribution >= 0.6 is 24.0 Å². The Morgan fingerprint density at radius 2 is 2.04 bits per heavy atom. The highest BCUT2D eigenvalue weighted by Crippen LogP contribution is 2.30. The summed E-state index contributed by atoms with van der Waals surface area (Å²) < 4.78 is 17.2. The van der Waals surface area contributed by atoms with E-state index in [1.807, 2.05) is 12.1 Å². The summed E-state index contributed by atoms with van der Waals surface area (Å²) in [5.74, 6) is 3.35. The summed E-state index contributed by atoms with van der Waals surface area (Å²) in [5, 5.41) is 3.35. The van der Waals surface area contributed by atoms with Crippen LogP contribution in [0.5, 0.6) is 11.5 Å². The third-order valence-electron chi connectivity index (χ3n) is 4.54. The number of ether oxygens (including phenoxy) is 3. The van der Waals surface area contributed by atoms with E-state index < -0.39 is 0 Å². The van der Waals surface area contributed by atoms with Crippen molar-refractivity contribution in [1.82, 2.24) is 10.2 Å². The molecule has 0 radical (unpaired) electrons. The Balaban J connectivity index is 0.00000261. The number of hydrogen-bond acceptors (Lipinski definition) is 4. The monoisotopic (exact) mass is 489 g/mol. The molecule has 1 aliphatic heterocycles. The predicted molar refractivity (Wildman–Crippen MR) is 118 cm³/mol. The standard InChI is InChI=1S/C20H31N3O3.HI/c1-3-21-20(23(2)9-12-24-15-16-5-6-16)22-14-17-7-8-18-19(13-17)26-11-4-10-25-18;/h7-8,13,16H,3-6,9-12,14-15H2,1-2H3,(H,21,22);1H. The number of nitrogens with zero attached hydrogens (tertiary/aromatic N) is 2. The van der Waals surface area contributed by atoms with Crippen molar-refractivity contribution >= 4 is 29.9 Å². The molecule has 1 N–H and O–H groups in total. The summed E-state index contributed by atoms with van der Waals surface area (Å²) in [5.41, 5.74) is 1.11. The van der Waals surface area contributed by atoms with Gasteiger partial charge in [-0.05, 0) is 43.4 Å². The summed E-state index contributed by atoms with van der Waals surface area (Å²) in [7, 11) is 2.05. The van der Waals surface area contributed by atoms with Gasteiger partial charge in [-0.3, -0.25) is 0 Å². The molecule has 1 aromatic carbocycles. The molecule has 0 unspecified atom stereocenters. The maximum absolute atomic E-state index is 5.76. The number of guanidine groups is 1. The quantitative estimate of drug-likeness (QED) is 0.263. The Bertz CT molecular complexity index is 608. The molecule has 3 rings (SSSR count). The molecular formula is C20H32IN3O3. The molecule has 1 heterocycles. The number of fused-ring (bicyclic) bond motifs is 1. The highest BCUT2D eigenvalue weighted by molar-refractivity contribution is 14.0. The first-order valence-electron chi connectivity index (χ1n) is 9.72. The van der Waals surface area contributed by atoms with Crippen molar-refractivity contribution in [2.75, 3.05) is 46.6 Å². The lowest BCUT2D eigenvalue weighted by atomic mass is 10.2. The third kappa shape index (κ3) is 7.37. The van der Waals surface area contributed by atoms with Crippen LogP contribution in [0, 0.1) is 5.92 Å². The van der Waals surface area contributed by atoms with E-state index >= 15 is 0 Å². The lowest BCUT2D eigenvalue weighted by Gasteiger charge is -2.22. The van der Waals surface area contributed by atoms with Crippen LogP contribution in [-0.4, -0.2) is 57.4 Å². The molecule has 1 aromatic rings. The number of nitrogens with one attached hydrogen (secondary N) is 1. The fourth-order valence-corrected chi connectivity index (χ4v) is 2.78. The SMILES string of the molecule is CCNC(=NCc1ccc2c(c1)OCCCO2)N(C)CCOCC1CC1.I. The smallest absolute Gasteiger partial charge is 0.194 e. The Hall–Kier alpha value is -1.22. The minimum atomic E-state index is 0. The maximum Gasteiger partial charge on any atom is 0.194 e. The van der Waals surface area contributed by atoms with E-state index in [1.54, 1.807) is 0 Å². The largest absolute Gasteiger partial charge is 0.490 e. The van der Waals surface area contributed by atoms with Gasteiger partial charge in [0.25, 0.3) is 0 Å². The van der Waals surface area contributed by atoms with Gasteiger partial charge in [-0.2, -0.15) is 0 Å². The second-order valence-electron chi connectivity index (χ2n) is 6.94. The van der Waals surface area contributed by atoms with Crippen LogP contribution in [0.2, 0.25) is 0 Å². The van der Waals surface area contributed by atoms with E-state index in [1.165, 1.54) is 12.8 Å². The maximum atomic E-state index is 5.76. The minimum Gasteiger partial charge on any atom is -0.490 e. The number of halogens is 1. The van der Waals surface area contributed by atoms with Crippen molar-refractivity contribution in [3.05, 3.63) is 23.8 Å². The van der Waals surface area contributed by atoms with Crippen molar-refractivity contribution in [3.8, 4) is 11.5 Å². The summed E-state index contributed by atoms with van der Waals surface area (Å²) >= 11 is 0. The van der Waals surface area contributed by atoms with Crippen molar-refractivity contribution < 1.29 is 14.2 Å². The normalized spacial score (nSPS) is 16.3. The fourth-order valence-electron chi connectivity index (χ4n) is 2.78. The number of benzene rings is 1. The minimum absolute atomic E-state index is 0. The zero-order valence-corrected chi connectivity index (χ0v) is 18.7. The van der Waals surface area contributed by atoms with E-state index in [0.717, 1.165) is 61.7 Å². The van der Waals surface area contributed by atoms with Gasteiger partial charge in [-0.1, -0.05) is 6.07 Å². The fraction of sp³-hybridized carbons (Fsp3) is 0.650. The zero-order chi connectivity index (χ0) is 18.2. The van der Waals surface area contributed by atoms with Gasteiger partial charge in [-0.25, -0.2) is 4.99 Å². The van der Waals surface area contributed by atoms with Gasteiger partial charge in [0.1, 0.15) is 0 Å². The predicted octanol–water partition coefficient (Wildman–Crippen LogP) is 3.29. The van der Waals surface area contributed by atoms with Crippen molar-refractivity contribution in [2.24, 2.45) is 10.9 Å². The summed E-state index contributed by atoms with van der Waals surface area (Å²) in [6, 6.07) is 6.07. The lowest BCUT2D eigenvalue weighted by molar-refractivity contribution is 0.115. The molecule has 2 aliphatic rings.